The zero-order chi connectivity index (χ0) is 18.5. The SMILES string of the molecule is Cc1cc(C)cc(NC(=O)[C@@H]2CCCCN2C(=O)Oc2ccccc2)c1. The van der Waals surface area contributed by atoms with Gasteiger partial charge in [-0.3, -0.25) is 9.69 Å². The molecule has 5 heteroatoms. The molecular weight excluding hydrogens is 328 g/mol. The van der Waals surface area contributed by atoms with Crippen LogP contribution in [0.3, 0.4) is 0 Å². The second-order valence-electron chi connectivity index (χ2n) is 6.75. The number of anilines is 1. The number of likely N-dealkylation sites (tertiary alicyclic amines) is 1. The number of aryl methyl sites for hydroxylation is 2. The molecule has 26 heavy (non-hydrogen) atoms. The highest BCUT2D eigenvalue weighted by molar-refractivity contribution is 5.97. The van der Waals surface area contributed by atoms with E-state index in [2.05, 4.69) is 11.4 Å². The van der Waals surface area contributed by atoms with Gasteiger partial charge in [0, 0.05) is 12.2 Å². The Morgan fingerprint density at radius 2 is 1.73 bits per heavy atom. The van der Waals surface area contributed by atoms with Gasteiger partial charge in [0.15, 0.2) is 0 Å². The van der Waals surface area contributed by atoms with Gasteiger partial charge in [0.25, 0.3) is 0 Å². The Balaban J connectivity index is 1.71. The van der Waals surface area contributed by atoms with Crippen molar-refractivity contribution in [1.82, 2.24) is 4.90 Å². The van der Waals surface area contributed by atoms with E-state index in [-0.39, 0.29) is 5.91 Å². The van der Waals surface area contributed by atoms with Crippen LogP contribution in [-0.2, 0) is 4.79 Å². The predicted octanol–water partition coefficient (Wildman–Crippen LogP) is 4.30. The Hall–Kier alpha value is -2.82. The molecule has 1 fully saturated rings. The molecule has 0 radical (unpaired) electrons. The van der Waals surface area contributed by atoms with Crippen LogP contribution in [0.1, 0.15) is 30.4 Å². The molecule has 0 spiro atoms. The molecule has 2 aromatic rings. The summed E-state index contributed by atoms with van der Waals surface area (Å²) in [5.41, 5.74) is 2.93. The van der Waals surface area contributed by atoms with Crippen LogP contribution in [0.25, 0.3) is 0 Å². The van der Waals surface area contributed by atoms with Gasteiger partial charge in [-0.25, -0.2) is 4.79 Å². The molecular formula is C21H24N2O3. The number of nitrogens with one attached hydrogen (secondary N) is 1. The van der Waals surface area contributed by atoms with E-state index in [0.29, 0.717) is 18.7 Å². The highest BCUT2D eigenvalue weighted by Gasteiger charge is 2.33. The summed E-state index contributed by atoms with van der Waals surface area (Å²) in [6.45, 7) is 4.51. The van der Waals surface area contributed by atoms with Gasteiger partial charge in [0.2, 0.25) is 5.91 Å². The van der Waals surface area contributed by atoms with Crippen molar-refractivity contribution in [3.8, 4) is 5.75 Å². The second-order valence-corrected chi connectivity index (χ2v) is 6.75. The maximum atomic E-state index is 12.8. The largest absolute Gasteiger partial charge is 0.415 e. The minimum absolute atomic E-state index is 0.167. The van der Waals surface area contributed by atoms with E-state index >= 15 is 0 Å². The summed E-state index contributed by atoms with van der Waals surface area (Å²) in [6.07, 6.45) is 1.95. The number of hydrogen-bond acceptors (Lipinski definition) is 3. The minimum Gasteiger partial charge on any atom is -0.410 e. The second kappa shape index (κ2) is 8.04. The van der Waals surface area contributed by atoms with Crippen LogP contribution in [0.2, 0.25) is 0 Å². The number of carbonyl (C=O) groups excluding carboxylic acids is 2. The van der Waals surface area contributed by atoms with Crippen LogP contribution in [-0.4, -0.2) is 29.5 Å². The van der Waals surface area contributed by atoms with Crippen LogP contribution in [0.4, 0.5) is 10.5 Å². The molecule has 1 N–H and O–H groups in total. The summed E-state index contributed by atoms with van der Waals surface area (Å²) in [5.74, 6) is 0.316. The smallest absolute Gasteiger partial charge is 0.410 e. The molecule has 0 saturated carbocycles. The summed E-state index contributed by atoms with van der Waals surface area (Å²) >= 11 is 0. The van der Waals surface area contributed by atoms with Crippen molar-refractivity contribution >= 4 is 17.7 Å². The number of rotatable bonds is 3. The lowest BCUT2D eigenvalue weighted by molar-refractivity contribution is -0.121. The first-order valence-electron chi connectivity index (χ1n) is 8.95. The fraction of sp³-hybridized carbons (Fsp3) is 0.333. The molecule has 0 aliphatic carbocycles. The Bertz CT molecular complexity index is 769. The van der Waals surface area contributed by atoms with Crippen molar-refractivity contribution in [2.24, 2.45) is 0 Å². The Kier molecular flexibility index (Phi) is 5.56. The highest BCUT2D eigenvalue weighted by atomic mass is 16.6. The molecule has 1 saturated heterocycles. The predicted molar refractivity (Wildman–Crippen MR) is 101 cm³/mol. The van der Waals surface area contributed by atoms with Crippen molar-refractivity contribution in [2.75, 3.05) is 11.9 Å². The Morgan fingerprint density at radius 3 is 2.42 bits per heavy atom. The minimum atomic E-state index is -0.513. The van der Waals surface area contributed by atoms with Crippen LogP contribution in [0, 0.1) is 13.8 Å². The third kappa shape index (κ3) is 4.42. The zero-order valence-electron chi connectivity index (χ0n) is 15.2. The molecule has 136 valence electrons. The van der Waals surface area contributed by atoms with E-state index < -0.39 is 12.1 Å². The number of piperidine rings is 1. The van der Waals surface area contributed by atoms with Crippen molar-refractivity contribution in [3.05, 3.63) is 59.7 Å². The van der Waals surface area contributed by atoms with E-state index in [1.54, 1.807) is 12.1 Å². The molecule has 2 aromatic carbocycles. The van der Waals surface area contributed by atoms with Gasteiger partial charge in [-0.2, -0.15) is 0 Å². The van der Waals surface area contributed by atoms with Crippen LogP contribution >= 0.6 is 0 Å². The number of nitrogens with zero attached hydrogens (tertiary/aromatic N) is 1. The third-order valence-corrected chi connectivity index (χ3v) is 4.48. The maximum absolute atomic E-state index is 12.8. The van der Waals surface area contributed by atoms with Gasteiger partial charge in [0.1, 0.15) is 11.8 Å². The number of carbonyl (C=O) groups is 2. The lowest BCUT2D eigenvalue weighted by Crippen LogP contribution is -2.51. The first-order chi connectivity index (χ1) is 12.5. The molecule has 5 nitrogen and oxygen atoms in total. The van der Waals surface area contributed by atoms with Gasteiger partial charge in [0.05, 0.1) is 0 Å². The standard InChI is InChI=1S/C21H24N2O3/c1-15-12-16(2)14-17(13-15)22-20(24)19-10-6-7-11-23(19)21(25)26-18-8-4-3-5-9-18/h3-5,8-9,12-14,19H,6-7,10-11H2,1-2H3,(H,22,24)/t19-/m0/s1. The number of para-hydroxylation sites is 1. The average molecular weight is 352 g/mol. The Morgan fingerprint density at radius 1 is 1.04 bits per heavy atom. The molecule has 1 atom stereocenters. The van der Waals surface area contributed by atoms with Gasteiger partial charge in [-0.1, -0.05) is 24.3 Å². The highest BCUT2D eigenvalue weighted by Crippen LogP contribution is 2.22. The summed E-state index contributed by atoms with van der Waals surface area (Å²) < 4.78 is 5.43. The molecule has 0 unspecified atom stereocenters. The van der Waals surface area contributed by atoms with E-state index in [9.17, 15) is 9.59 Å². The van der Waals surface area contributed by atoms with Gasteiger partial charge in [-0.05, 0) is 68.5 Å². The van der Waals surface area contributed by atoms with Gasteiger partial charge < -0.3 is 10.1 Å². The van der Waals surface area contributed by atoms with E-state index in [0.717, 1.165) is 29.7 Å². The van der Waals surface area contributed by atoms with Gasteiger partial charge in [-0.15, -0.1) is 0 Å². The third-order valence-electron chi connectivity index (χ3n) is 4.48. The fourth-order valence-electron chi connectivity index (χ4n) is 3.34. The molecule has 3 rings (SSSR count). The van der Waals surface area contributed by atoms with Crippen molar-refractivity contribution in [2.45, 2.75) is 39.2 Å². The summed E-state index contributed by atoms with van der Waals surface area (Å²) in [5, 5.41) is 2.95. The lowest BCUT2D eigenvalue weighted by Gasteiger charge is -2.33. The van der Waals surface area contributed by atoms with Crippen molar-refractivity contribution < 1.29 is 14.3 Å². The molecule has 2 amide bonds. The molecule has 1 aliphatic heterocycles. The number of amides is 2. The summed E-state index contributed by atoms with van der Waals surface area (Å²) in [7, 11) is 0. The zero-order valence-corrected chi connectivity index (χ0v) is 15.2. The first kappa shape index (κ1) is 18.0. The topological polar surface area (TPSA) is 58.6 Å². The van der Waals surface area contributed by atoms with Crippen molar-refractivity contribution in [1.29, 1.82) is 0 Å². The fourth-order valence-corrected chi connectivity index (χ4v) is 3.34. The molecule has 0 aromatic heterocycles. The molecule has 0 bridgehead atoms. The summed E-state index contributed by atoms with van der Waals surface area (Å²) in [6, 6.07) is 14.3. The quantitative estimate of drug-likeness (QED) is 0.896. The molecule has 1 heterocycles. The Labute approximate surface area is 154 Å². The first-order valence-corrected chi connectivity index (χ1v) is 8.95. The van der Waals surface area contributed by atoms with E-state index in [4.69, 9.17) is 4.74 Å². The monoisotopic (exact) mass is 352 g/mol. The van der Waals surface area contributed by atoms with Crippen LogP contribution < -0.4 is 10.1 Å². The van der Waals surface area contributed by atoms with Crippen molar-refractivity contribution in [3.63, 3.8) is 0 Å². The van der Waals surface area contributed by atoms with E-state index in [1.807, 2.05) is 44.2 Å². The number of ether oxygens (including phenoxy) is 1. The average Bonchev–Trinajstić information content (AvgIpc) is 2.61. The lowest BCUT2D eigenvalue weighted by atomic mass is 10.0. The van der Waals surface area contributed by atoms with Crippen LogP contribution in [0.15, 0.2) is 48.5 Å². The summed E-state index contributed by atoms with van der Waals surface area (Å²) in [4.78, 5) is 26.9. The number of hydrogen-bond donors (Lipinski definition) is 1. The normalized spacial score (nSPS) is 16.8. The van der Waals surface area contributed by atoms with E-state index in [1.165, 1.54) is 4.90 Å². The molecule has 1 aliphatic rings. The number of benzene rings is 2. The maximum Gasteiger partial charge on any atom is 0.415 e. The van der Waals surface area contributed by atoms with Crippen LogP contribution in [0.5, 0.6) is 5.75 Å². The van der Waals surface area contributed by atoms with Gasteiger partial charge >= 0.3 is 6.09 Å².